The van der Waals surface area contributed by atoms with E-state index in [0.29, 0.717) is 10.7 Å². The van der Waals surface area contributed by atoms with E-state index in [4.69, 9.17) is 0 Å². The number of hydrogen-bond donors (Lipinski definition) is 1. The number of para-hydroxylation sites is 1. The molecule has 3 rings (SSSR count). The Kier molecular flexibility index (Phi) is 3.28. The highest BCUT2D eigenvalue weighted by Gasteiger charge is 2.15. The first-order valence-electron chi connectivity index (χ1n) is 6.50. The van der Waals surface area contributed by atoms with Crippen LogP contribution < -0.4 is 5.32 Å². The van der Waals surface area contributed by atoms with Crippen LogP contribution in [0.5, 0.6) is 0 Å². The molecule has 0 aliphatic carbocycles. The van der Waals surface area contributed by atoms with Gasteiger partial charge in [0.1, 0.15) is 0 Å². The third-order valence-corrected chi connectivity index (χ3v) is 4.04. The Bertz CT molecular complexity index is 772. The van der Waals surface area contributed by atoms with Gasteiger partial charge in [-0.3, -0.25) is 10.1 Å². The number of rotatable bonds is 3. The first-order chi connectivity index (χ1) is 9.69. The van der Waals surface area contributed by atoms with Gasteiger partial charge in [0, 0.05) is 34.7 Å². The van der Waals surface area contributed by atoms with Crippen molar-refractivity contribution in [3.05, 3.63) is 47.1 Å². The molecule has 20 heavy (non-hydrogen) atoms. The Morgan fingerprint density at radius 2 is 2.20 bits per heavy atom. The molecule has 0 saturated carbocycles. The lowest BCUT2D eigenvalue weighted by Gasteiger charge is -1.99. The lowest BCUT2D eigenvalue weighted by atomic mass is 10.1. The molecule has 0 saturated heterocycles. The number of carbonyl (C=O) groups is 1. The molecule has 2 aromatic heterocycles. The van der Waals surface area contributed by atoms with Crippen molar-refractivity contribution in [2.24, 2.45) is 0 Å². The second kappa shape index (κ2) is 5.09. The number of anilines is 1. The van der Waals surface area contributed by atoms with Crippen molar-refractivity contribution in [2.75, 3.05) is 5.32 Å². The van der Waals surface area contributed by atoms with E-state index in [2.05, 4.69) is 21.8 Å². The minimum atomic E-state index is -0.109. The van der Waals surface area contributed by atoms with Crippen LogP contribution in [0.15, 0.2) is 36.7 Å². The number of carbonyl (C=O) groups excluding carboxylic acids is 1. The van der Waals surface area contributed by atoms with Gasteiger partial charge in [-0.05, 0) is 19.9 Å². The van der Waals surface area contributed by atoms with Crippen molar-refractivity contribution in [3.63, 3.8) is 0 Å². The summed E-state index contributed by atoms with van der Waals surface area (Å²) < 4.78 is 2.08. The molecule has 0 radical (unpaired) electrons. The molecule has 1 aromatic carbocycles. The van der Waals surface area contributed by atoms with Gasteiger partial charge in [0.05, 0.1) is 5.56 Å². The van der Waals surface area contributed by atoms with Gasteiger partial charge in [-0.25, -0.2) is 4.98 Å². The van der Waals surface area contributed by atoms with Crippen molar-refractivity contribution >= 4 is 33.3 Å². The van der Waals surface area contributed by atoms with Gasteiger partial charge in [-0.2, -0.15) is 0 Å². The average molecular weight is 285 g/mol. The summed E-state index contributed by atoms with van der Waals surface area (Å²) in [7, 11) is 0. The van der Waals surface area contributed by atoms with Crippen molar-refractivity contribution in [1.29, 1.82) is 0 Å². The summed E-state index contributed by atoms with van der Waals surface area (Å²) in [6, 6.07) is 7.94. The van der Waals surface area contributed by atoms with Gasteiger partial charge in [0.15, 0.2) is 5.13 Å². The minimum absolute atomic E-state index is 0.109. The molecule has 0 atom stereocenters. The van der Waals surface area contributed by atoms with Gasteiger partial charge in [0.2, 0.25) is 0 Å². The van der Waals surface area contributed by atoms with Crippen LogP contribution in [-0.4, -0.2) is 15.5 Å². The first-order valence-corrected chi connectivity index (χ1v) is 7.32. The first kappa shape index (κ1) is 12.9. The second-order valence-corrected chi connectivity index (χ2v) is 5.81. The summed E-state index contributed by atoms with van der Waals surface area (Å²) in [5.41, 5.74) is 1.77. The summed E-state index contributed by atoms with van der Waals surface area (Å²) in [4.78, 5) is 17.7. The zero-order valence-corrected chi connectivity index (χ0v) is 12.2. The van der Waals surface area contributed by atoms with Crippen LogP contribution in [0.2, 0.25) is 0 Å². The maximum Gasteiger partial charge on any atom is 0.259 e. The number of aromatic nitrogens is 2. The lowest BCUT2D eigenvalue weighted by Crippen LogP contribution is -2.11. The summed E-state index contributed by atoms with van der Waals surface area (Å²) in [6.07, 6.45) is 3.66. The van der Waals surface area contributed by atoms with E-state index in [0.717, 1.165) is 22.3 Å². The van der Waals surface area contributed by atoms with Gasteiger partial charge in [-0.15, -0.1) is 11.3 Å². The quantitative estimate of drug-likeness (QED) is 0.798. The van der Waals surface area contributed by atoms with E-state index in [1.807, 2.05) is 37.4 Å². The number of nitrogens with one attached hydrogen (secondary N) is 1. The number of amides is 1. The van der Waals surface area contributed by atoms with Crippen LogP contribution in [0.4, 0.5) is 5.13 Å². The number of nitrogens with zero attached hydrogens (tertiary/aromatic N) is 2. The van der Waals surface area contributed by atoms with E-state index in [-0.39, 0.29) is 5.91 Å². The van der Waals surface area contributed by atoms with Crippen molar-refractivity contribution in [3.8, 4) is 0 Å². The summed E-state index contributed by atoms with van der Waals surface area (Å²) in [5.74, 6) is -0.109. The molecule has 0 aliphatic heterocycles. The fraction of sp³-hybridized carbons (Fsp3) is 0.200. The SMILES string of the molecule is CCn1cc(C(=O)Nc2ncc(C)s2)c2ccccc21. The van der Waals surface area contributed by atoms with E-state index in [1.165, 1.54) is 11.3 Å². The number of hydrogen-bond acceptors (Lipinski definition) is 3. The lowest BCUT2D eigenvalue weighted by molar-refractivity contribution is 0.102. The molecule has 0 unspecified atom stereocenters. The summed E-state index contributed by atoms with van der Waals surface area (Å²) >= 11 is 1.48. The molecule has 2 heterocycles. The molecule has 0 bridgehead atoms. The third-order valence-electron chi connectivity index (χ3n) is 3.22. The molecule has 0 spiro atoms. The number of fused-ring (bicyclic) bond motifs is 1. The monoisotopic (exact) mass is 285 g/mol. The maximum atomic E-state index is 12.4. The molecular weight excluding hydrogens is 270 g/mol. The highest BCUT2D eigenvalue weighted by molar-refractivity contribution is 7.15. The smallest absolute Gasteiger partial charge is 0.259 e. The normalized spacial score (nSPS) is 10.9. The van der Waals surface area contributed by atoms with Crippen LogP contribution >= 0.6 is 11.3 Å². The van der Waals surface area contributed by atoms with Crippen molar-refractivity contribution in [1.82, 2.24) is 9.55 Å². The molecule has 1 N–H and O–H groups in total. The Labute approximate surface area is 121 Å². The van der Waals surface area contributed by atoms with Gasteiger partial charge >= 0.3 is 0 Å². The molecule has 5 heteroatoms. The van der Waals surface area contributed by atoms with Crippen LogP contribution in [0.25, 0.3) is 10.9 Å². The zero-order valence-electron chi connectivity index (χ0n) is 11.4. The van der Waals surface area contributed by atoms with Gasteiger partial charge in [-0.1, -0.05) is 18.2 Å². The highest BCUT2D eigenvalue weighted by Crippen LogP contribution is 2.23. The molecule has 4 nitrogen and oxygen atoms in total. The topological polar surface area (TPSA) is 46.9 Å². The number of aryl methyl sites for hydroxylation is 2. The Morgan fingerprint density at radius 3 is 2.90 bits per heavy atom. The highest BCUT2D eigenvalue weighted by atomic mass is 32.1. The van der Waals surface area contributed by atoms with Crippen LogP contribution in [-0.2, 0) is 6.54 Å². The van der Waals surface area contributed by atoms with Crippen molar-refractivity contribution < 1.29 is 4.79 Å². The molecular formula is C15H15N3OS. The summed E-state index contributed by atoms with van der Waals surface area (Å²) in [6.45, 7) is 4.87. The molecule has 1 amide bonds. The van der Waals surface area contributed by atoms with Crippen molar-refractivity contribution in [2.45, 2.75) is 20.4 Å². The third kappa shape index (κ3) is 2.20. The van der Waals surface area contributed by atoms with Crippen LogP contribution in [0.1, 0.15) is 22.2 Å². The number of benzene rings is 1. The number of thiazole rings is 1. The maximum absolute atomic E-state index is 12.4. The van der Waals surface area contributed by atoms with Crippen LogP contribution in [0.3, 0.4) is 0 Å². The Balaban J connectivity index is 1.99. The fourth-order valence-electron chi connectivity index (χ4n) is 2.27. The zero-order chi connectivity index (χ0) is 14.1. The van der Waals surface area contributed by atoms with E-state index >= 15 is 0 Å². The molecule has 0 fully saturated rings. The fourth-order valence-corrected chi connectivity index (χ4v) is 2.93. The van der Waals surface area contributed by atoms with Gasteiger partial charge < -0.3 is 4.57 Å². The van der Waals surface area contributed by atoms with E-state index in [9.17, 15) is 4.79 Å². The second-order valence-electron chi connectivity index (χ2n) is 4.58. The standard InChI is InChI=1S/C15H15N3OS/c1-3-18-9-12(11-6-4-5-7-13(11)18)14(19)17-15-16-8-10(2)20-15/h4-9H,3H2,1-2H3,(H,16,17,19). The largest absolute Gasteiger partial charge is 0.347 e. The van der Waals surface area contributed by atoms with E-state index < -0.39 is 0 Å². The minimum Gasteiger partial charge on any atom is -0.347 e. The predicted molar refractivity (Wildman–Crippen MR) is 82.4 cm³/mol. The Hall–Kier alpha value is -2.14. The molecule has 0 aliphatic rings. The Morgan fingerprint density at radius 1 is 1.40 bits per heavy atom. The average Bonchev–Trinajstić information content (AvgIpc) is 3.02. The predicted octanol–water partition coefficient (Wildman–Crippen LogP) is 3.68. The summed E-state index contributed by atoms with van der Waals surface area (Å²) in [5, 5.41) is 4.48. The van der Waals surface area contributed by atoms with E-state index in [1.54, 1.807) is 6.20 Å². The molecule has 3 aromatic rings. The molecule has 102 valence electrons. The van der Waals surface area contributed by atoms with Crippen LogP contribution in [0, 0.1) is 6.92 Å². The van der Waals surface area contributed by atoms with Gasteiger partial charge in [0.25, 0.3) is 5.91 Å².